The van der Waals surface area contributed by atoms with Crippen LogP contribution in [0.3, 0.4) is 0 Å². The van der Waals surface area contributed by atoms with Crippen molar-refractivity contribution in [3.8, 4) is 0 Å². The van der Waals surface area contributed by atoms with Crippen LogP contribution in [0.5, 0.6) is 0 Å². The fraction of sp³-hybridized carbons (Fsp3) is 0.700. The molecule has 2 aliphatic rings. The van der Waals surface area contributed by atoms with Crippen LogP contribution in [-0.4, -0.2) is 12.1 Å². The number of allylic oxidation sites excluding steroid dienone is 1. The Morgan fingerprint density at radius 3 is 2.92 bits per heavy atom. The van der Waals surface area contributed by atoms with E-state index in [1.54, 1.807) is 0 Å². The highest BCUT2D eigenvalue weighted by molar-refractivity contribution is 5.77. The smallest absolute Gasteiger partial charge is 0.310 e. The molecule has 2 heteroatoms. The molecule has 2 bridgehead atoms. The van der Waals surface area contributed by atoms with Crippen molar-refractivity contribution < 1.29 is 9.53 Å². The number of rotatable bonds is 0. The van der Waals surface area contributed by atoms with E-state index in [0.29, 0.717) is 0 Å². The van der Waals surface area contributed by atoms with Gasteiger partial charge in [0.1, 0.15) is 6.10 Å². The Labute approximate surface area is 72.6 Å². The third kappa shape index (κ3) is 0.904. The van der Waals surface area contributed by atoms with Crippen molar-refractivity contribution in [2.75, 3.05) is 0 Å². The summed E-state index contributed by atoms with van der Waals surface area (Å²) in [6.07, 6.45) is 3.14. The van der Waals surface area contributed by atoms with Gasteiger partial charge in [-0.25, -0.2) is 0 Å². The highest BCUT2D eigenvalue weighted by Crippen LogP contribution is 2.44. The monoisotopic (exact) mass is 166 g/mol. The molecule has 2 rings (SSSR count). The fourth-order valence-corrected chi connectivity index (χ4v) is 2.25. The van der Waals surface area contributed by atoms with Gasteiger partial charge in [0, 0.05) is 6.42 Å². The zero-order chi connectivity index (χ0) is 8.93. The molecular weight excluding hydrogens is 152 g/mol. The summed E-state index contributed by atoms with van der Waals surface area (Å²) in [5.41, 5.74) is 1.20. The van der Waals surface area contributed by atoms with Crippen molar-refractivity contribution in [1.82, 2.24) is 0 Å². The molecule has 0 radical (unpaired) electrons. The van der Waals surface area contributed by atoms with Crippen LogP contribution in [0.15, 0.2) is 11.6 Å². The molecule has 0 spiro atoms. The zero-order valence-electron chi connectivity index (χ0n) is 7.76. The molecule has 2 atom stereocenters. The summed E-state index contributed by atoms with van der Waals surface area (Å²) in [6, 6.07) is 0. The van der Waals surface area contributed by atoms with E-state index >= 15 is 0 Å². The second-order valence-electron chi connectivity index (χ2n) is 4.42. The molecule has 0 unspecified atom stereocenters. The number of carbonyl (C=O) groups is 1. The molecule has 0 aromatic heterocycles. The van der Waals surface area contributed by atoms with Gasteiger partial charge in [0.25, 0.3) is 0 Å². The minimum atomic E-state index is -0.0156. The Morgan fingerprint density at radius 1 is 1.58 bits per heavy atom. The first-order valence-electron chi connectivity index (χ1n) is 4.40. The normalized spacial score (nSPS) is 37.6. The van der Waals surface area contributed by atoms with Gasteiger partial charge < -0.3 is 4.74 Å². The molecule has 1 heterocycles. The number of fused-ring (bicyclic) bond motifs is 2. The summed E-state index contributed by atoms with van der Waals surface area (Å²) in [4.78, 5) is 11.4. The number of hydrogen-bond acceptors (Lipinski definition) is 2. The van der Waals surface area contributed by atoms with Crippen LogP contribution in [0.1, 0.15) is 27.2 Å². The van der Waals surface area contributed by atoms with E-state index in [1.165, 1.54) is 5.57 Å². The van der Waals surface area contributed by atoms with Crippen molar-refractivity contribution in [1.29, 1.82) is 0 Å². The lowest BCUT2D eigenvalue weighted by molar-refractivity contribution is -0.144. The van der Waals surface area contributed by atoms with E-state index in [2.05, 4.69) is 19.9 Å². The van der Waals surface area contributed by atoms with E-state index < -0.39 is 0 Å². The van der Waals surface area contributed by atoms with Crippen molar-refractivity contribution in [3.05, 3.63) is 11.6 Å². The largest absolute Gasteiger partial charge is 0.458 e. The van der Waals surface area contributed by atoms with Gasteiger partial charge in [-0.1, -0.05) is 19.9 Å². The predicted molar refractivity (Wildman–Crippen MR) is 45.5 cm³/mol. The van der Waals surface area contributed by atoms with Crippen molar-refractivity contribution >= 4 is 5.97 Å². The van der Waals surface area contributed by atoms with Gasteiger partial charge in [-0.05, 0) is 17.9 Å². The quantitative estimate of drug-likeness (QED) is 0.406. The van der Waals surface area contributed by atoms with Crippen molar-refractivity contribution in [3.63, 3.8) is 0 Å². The van der Waals surface area contributed by atoms with Gasteiger partial charge in [0.2, 0.25) is 0 Å². The maximum Gasteiger partial charge on any atom is 0.310 e. The molecule has 1 saturated heterocycles. The van der Waals surface area contributed by atoms with Crippen LogP contribution in [0.4, 0.5) is 0 Å². The van der Waals surface area contributed by atoms with Crippen LogP contribution in [-0.2, 0) is 9.53 Å². The lowest BCUT2D eigenvalue weighted by atomic mass is 9.72. The highest BCUT2D eigenvalue weighted by atomic mass is 16.6. The topological polar surface area (TPSA) is 26.3 Å². The molecule has 12 heavy (non-hydrogen) atoms. The molecular formula is C10H14O2. The van der Waals surface area contributed by atoms with Crippen LogP contribution in [0, 0.1) is 11.3 Å². The van der Waals surface area contributed by atoms with Gasteiger partial charge in [0.05, 0.1) is 5.92 Å². The fourth-order valence-electron chi connectivity index (χ4n) is 2.25. The second-order valence-corrected chi connectivity index (χ2v) is 4.42. The maximum absolute atomic E-state index is 11.4. The average molecular weight is 166 g/mol. The molecule has 1 fully saturated rings. The first-order valence-corrected chi connectivity index (χ1v) is 4.40. The Bertz CT molecular complexity index is 263. The maximum atomic E-state index is 11.4. The number of carbonyl (C=O) groups excluding carboxylic acids is 1. The first kappa shape index (κ1) is 7.84. The molecule has 0 N–H and O–H groups in total. The van der Waals surface area contributed by atoms with Gasteiger partial charge in [-0.2, -0.15) is 0 Å². The number of ether oxygens (including phenoxy) is 1. The van der Waals surface area contributed by atoms with Gasteiger partial charge in [0.15, 0.2) is 0 Å². The Kier molecular flexibility index (Phi) is 1.39. The third-order valence-electron chi connectivity index (χ3n) is 3.00. The number of esters is 1. The van der Waals surface area contributed by atoms with E-state index in [0.717, 1.165) is 6.42 Å². The minimum absolute atomic E-state index is 0.00579. The summed E-state index contributed by atoms with van der Waals surface area (Å²) >= 11 is 0. The summed E-state index contributed by atoms with van der Waals surface area (Å²) in [5, 5.41) is 0. The van der Waals surface area contributed by atoms with Gasteiger partial charge in [-0.15, -0.1) is 0 Å². The van der Waals surface area contributed by atoms with E-state index in [9.17, 15) is 4.79 Å². The predicted octanol–water partition coefficient (Wildman–Crippen LogP) is 1.90. The minimum Gasteiger partial charge on any atom is -0.458 e. The van der Waals surface area contributed by atoms with Crippen LogP contribution >= 0.6 is 0 Å². The van der Waals surface area contributed by atoms with Crippen LogP contribution in [0.2, 0.25) is 0 Å². The molecule has 0 aromatic rings. The molecule has 66 valence electrons. The lowest BCUT2D eigenvalue weighted by Crippen LogP contribution is -2.28. The molecule has 0 amide bonds. The lowest BCUT2D eigenvalue weighted by Gasteiger charge is -2.29. The Balaban J connectivity index is 2.42. The van der Waals surface area contributed by atoms with E-state index in [-0.39, 0.29) is 23.4 Å². The molecule has 2 nitrogen and oxygen atoms in total. The average Bonchev–Trinajstić information content (AvgIpc) is 2.26. The highest BCUT2D eigenvalue weighted by Gasteiger charge is 2.47. The Hall–Kier alpha value is -0.790. The van der Waals surface area contributed by atoms with Gasteiger partial charge >= 0.3 is 5.97 Å². The molecule has 1 aliphatic heterocycles. The number of hydrogen-bond donors (Lipinski definition) is 0. The molecule has 1 aliphatic carbocycles. The molecule has 0 aromatic carbocycles. The SMILES string of the molecule is CC1=CC(C)(C)[C@@H]2C[C@H]1OC2=O. The second kappa shape index (κ2) is 2.12. The molecule has 0 saturated carbocycles. The van der Waals surface area contributed by atoms with E-state index in [4.69, 9.17) is 4.74 Å². The van der Waals surface area contributed by atoms with E-state index in [1.807, 2.05) is 6.92 Å². The standard InChI is InChI=1S/C10H14O2/c1-6-5-10(2,3)7-4-8(6)12-9(7)11/h5,7-8H,4H2,1-3H3/t7-,8-/m1/s1. The van der Waals surface area contributed by atoms with Crippen LogP contribution in [0.25, 0.3) is 0 Å². The summed E-state index contributed by atoms with van der Waals surface area (Å²) in [7, 11) is 0. The van der Waals surface area contributed by atoms with Crippen molar-refractivity contribution in [2.24, 2.45) is 11.3 Å². The first-order chi connectivity index (χ1) is 5.50. The van der Waals surface area contributed by atoms with Gasteiger partial charge in [-0.3, -0.25) is 4.79 Å². The Morgan fingerprint density at radius 2 is 2.25 bits per heavy atom. The summed E-state index contributed by atoms with van der Waals surface area (Å²) in [6.45, 7) is 6.25. The van der Waals surface area contributed by atoms with Crippen LogP contribution < -0.4 is 0 Å². The zero-order valence-corrected chi connectivity index (χ0v) is 7.76. The van der Waals surface area contributed by atoms with Crippen molar-refractivity contribution in [2.45, 2.75) is 33.3 Å². The summed E-state index contributed by atoms with van der Waals surface area (Å²) < 4.78 is 5.23. The summed E-state index contributed by atoms with van der Waals surface area (Å²) in [5.74, 6) is 0.0734. The third-order valence-corrected chi connectivity index (χ3v) is 3.00.